The molecule has 1 aromatic rings. The summed E-state index contributed by atoms with van der Waals surface area (Å²) in [6.07, 6.45) is 6.48. The molecule has 1 nitrogen and oxygen atoms in total. The minimum Gasteiger partial charge on any atom is -0.330 e. The molecule has 0 saturated heterocycles. The lowest BCUT2D eigenvalue weighted by Gasteiger charge is -2.13. The molecule has 0 radical (unpaired) electrons. The minimum atomic E-state index is 0.608. The standard InChI is InChI=1S/C13H18BrN/c14-12-3-1-2-11(10-12)4-5-13(6-7-13)8-9-15/h1-3,10H,4-9,15H2. The molecule has 0 bridgehead atoms. The van der Waals surface area contributed by atoms with Crippen molar-refractivity contribution in [2.24, 2.45) is 11.1 Å². The zero-order chi connectivity index (χ0) is 10.7. The maximum Gasteiger partial charge on any atom is 0.0177 e. The number of halogens is 1. The molecule has 1 fully saturated rings. The van der Waals surface area contributed by atoms with E-state index in [0.29, 0.717) is 5.41 Å². The number of hydrogen-bond donors (Lipinski definition) is 1. The maximum absolute atomic E-state index is 5.64. The number of rotatable bonds is 5. The highest BCUT2D eigenvalue weighted by molar-refractivity contribution is 9.10. The highest BCUT2D eigenvalue weighted by atomic mass is 79.9. The molecule has 2 N–H and O–H groups in total. The quantitative estimate of drug-likeness (QED) is 0.868. The second-order valence-corrected chi connectivity index (χ2v) is 5.58. The normalized spacial score (nSPS) is 17.7. The van der Waals surface area contributed by atoms with E-state index in [2.05, 4.69) is 40.2 Å². The molecule has 0 aromatic heterocycles. The average Bonchev–Trinajstić information content (AvgIpc) is 2.97. The fourth-order valence-electron chi connectivity index (χ4n) is 2.21. The van der Waals surface area contributed by atoms with Crippen LogP contribution in [0.15, 0.2) is 28.7 Å². The zero-order valence-corrected chi connectivity index (χ0v) is 10.6. The molecule has 0 unspecified atom stereocenters. The van der Waals surface area contributed by atoms with E-state index in [1.165, 1.54) is 42.1 Å². The van der Waals surface area contributed by atoms with Crippen molar-refractivity contribution in [1.29, 1.82) is 0 Å². The summed E-state index contributed by atoms with van der Waals surface area (Å²) in [5.74, 6) is 0. The Bertz CT molecular complexity index is 331. The van der Waals surface area contributed by atoms with Crippen LogP contribution in [0.4, 0.5) is 0 Å². The summed E-state index contributed by atoms with van der Waals surface area (Å²) in [7, 11) is 0. The van der Waals surface area contributed by atoms with Crippen molar-refractivity contribution in [1.82, 2.24) is 0 Å². The summed E-state index contributed by atoms with van der Waals surface area (Å²) in [6, 6.07) is 8.63. The third-order valence-electron chi connectivity index (χ3n) is 3.46. The molecule has 0 heterocycles. The van der Waals surface area contributed by atoms with E-state index in [1.807, 2.05) is 0 Å². The average molecular weight is 268 g/mol. The summed E-state index contributed by atoms with van der Waals surface area (Å²) in [6.45, 7) is 0.846. The Kier molecular flexibility index (Phi) is 3.47. The fourth-order valence-corrected chi connectivity index (χ4v) is 2.66. The highest BCUT2D eigenvalue weighted by Gasteiger charge is 2.40. The number of nitrogens with two attached hydrogens (primary N) is 1. The molecule has 1 aromatic carbocycles. The first-order chi connectivity index (χ1) is 7.24. The molecular formula is C13H18BrN. The number of aryl methyl sites for hydroxylation is 1. The van der Waals surface area contributed by atoms with Gasteiger partial charge in [0.15, 0.2) is 0 Å². The van der Waals surface area contributed by atoms with Gasteiger partial charge in [-0.05, 0) is 61.8 Å². The Hall–Kier alpha value is -0.340. The summed E-state index contributed by atoms with van der Waals surface area (Å²) in [5.41, 5.74) is 7.69. The van der Waals surface area contributed by atoms with Gasteiger partial charge in [0, 0.05) is 4.47 Å². The lowest BCUT2D eigenvalue weighted by molar-refractivity contribution is 0.436. The van der Waals surface area contributed by atoms with Gasteiger partial charge in [0.2, 0.25) is 0 Å². The molecular weight excluding hydrogens is 250 g/mol. The van der Waals surface area contributed by atoms with E-state index < -0.39 is 0 Å². The van der Waals surface area contributed by atoms with E-state index in [0.717, 1.165) is 6.54 Å². The van der Waals surface area contributed by atoms with Gasteiger partial charge in [0.05, 0.1) is 0 Å². The van der Waals surface area contributed by atoms with Gasteiger partial charge in [-0.1, -0.05) is 28.1 Å². The Labute approximate surface area is 100 Å². The van der Waals surface area contributed by atoms with E-state index >= 15 is 0 Å². The topological polar surface area (TPSA) is 26.0 Å². The number of hydrogen-bond acceptors (Lipinski definition) is 1. The van der Waals surface area contributed by atoms with Crippen molar-refractivity contribution in [3.05, 3.63) is 34.3 Å². The van der Waals surface area contributed by atoms with Gasteiger partial charge in [-0.25, -0.2) is 0 Å². The Morgan fingerprint density at radius 3 is 2.67 bits per heavy atom. The van der Waals surface area contributed by atoms with Crippen molar-refractivity contribution in [2.75, 3.05) is 6.54 Å². The van der Waals surface area contributed by atoms with Crippen LogP contribution in [0.3, 0.4) is 0 Å². The van der Waals surface area contributed by atoms with Gasteiger partial charge in [0.1, 0.15) is 0 Å². The van der Waals surface area contributed by atoms with Crippen LogP contribution in [0, 0.1) is 5.41 Å². The molecule has 1 aliphatic rings. The predicted octanol–water partition coefficient (Wildman–Crippen LogP) is 3.51. The maximum atomic E-state index is 5.64. The van der Waals surface area contributed by atoms with Gasteiger partial charge < -0.3 is 5.73 Å². The van der Waals surface area contributed by atoms with Crippen LogP contribution in [0.5, 0.6) is 0 Å². The molecule has 1 saturated carbocycles. The third-order valence-corrected chi connectivity index (χ3v) is 3.96. The van der Waals surface area contributed by atoms with Crippen molar-refractivity contribution in [2.45, 2.75) is 32.1 Å². The first-order valence-corrected chi connectivity index (χ1v) is 6.48. The molecule has 0 atom stereocenters. The molecule has 0 amide bonds. The second kappa shape index (κ2) is 4.67. The summed E-state index contributed by atoms with van der Waals surface area (Å²) < 4.78 is 1.18. The molecule has 15 heavy (non-hydrogen) atoms. The molecule has 2 rings (SSSR count). The van der Waals surface area contributed by atoms with Crippen molar-refractivity contribution in [3.63, 3.8) is 0 Å². The van der Waals surface area contributed by atoms with E-state index in [9.17, 15) is 0 Å². The molecule has 1 aliphatic carbocycles. The van der Waals surface area contributed by atoms with Crippen LogP contribution in [0.25, 0.3) is 0 Å². The minimum absolute atomic E-state index is 0.608. The monoisotopic (exact) mass is 267 g/mol. The molecule has 0 spiro atoms. The summed E-state index contributed by atoms with van der Waals surface area (Å²) >= 11 is 3.51. The Morgan fingerprint density at radius 2 is 2.07 bits per heavy atom. The highest BCUT2D eigenvalue weighted by Crippen LogP contribution is 2.52. The Morgan fingerprint density at radius 1 is 1.27 bits per heavy atom. The number of benzene rings is 1. The third kappa shape index (κ3) is 3.05. The van der Waals surface area contributed by atoms with Gasteiger partial charge >= 0.3 is 0 Å². The summed E-state index contributed by atoms with van der Waals surface area (Å²) in [4.78, 5) is 0. The van der Waals surface area contributed by atoms with Crippen LogP contribution in [-0.2, 0) is 6.42 Å². The SMILES string of the molecule is NCCC1(CCc2cccc(Br)c2)CC1. The first kappa shape index (κ1) is 11.2. The van der Waals surface area contributed by atoms with Crippen molar-refractivity contribution < 1.29 is 0 Å². The van der Waals surface area contributed by atoms with Crippen LogP contribution in [0.1, 0.15) is 31.2 Å². The fraction of sp³-hybridized carbons (Fsp3) is 0.538. The van der Waals surface area contributed by atoms with Gasteiger partial charge in [0.25, 0.3) is 0 Å². The lowest BCUT2D eigenvalue weighted by Crippen LogP contribution is -2.10. The molecule has 0 aliphatic heterocycles. The van der Waals surface area contributed by atoms with Crippen LogP contribution in [0.2, 0.25) is 0 Å². The first-order valence-electron chi connectivity index (χ1n) is 5.69. The van der Waals surface area contributed by atoms with Gasteiger partial charge in [-0.15, -0.1) is 0 Å². The lowest BCUT2D eigenvalue weighted by atomic mass is 9.94. The van der Waals surface area contributed by atoms with Crippen LogP contribution < -0.4 is 5.73 Å². The van der Waals surface area contributed by atoms with Gasteiger partial charge in [-0.3, -0.25) is 0 Å². The van der Waals surface area contributed by atoms with Gasteiger partial charge in [-0.2, -0.15) is 0 Å². The van der Waals surface area contributed by atoms with Crippen molar-refractivity contribution >= 4 is 15.9 Å². The van der Waals surface area contributed by atoms with Crippen LogP contribution in [-0.4, -0.2) is 6.54 Å². The Balaban J connectivity index is 1.88. The second-order valence-electron chi connectivity index (χ2n) is 4.67. The van der Waals surface area contributed by atoms with E-state index in [1.54, 1.807) is 0 Å². The molecule has 82 valence electrons. The van der Waals surface area contributed by atoms with Crippen molar-refractivity contribution in [3.8, 4) is 0 Å². The van der Waals surface area contributed by atoms with E-state index in [4.69, 9.17) is 5.73 Å². The predicted molar refractivity (Wildman–Crippen MR) is 67.8 cm³/mol. The zero-order valence-electron chi connectivity index (χ0n) is 9.01. The smallest absolute Gasteiger partial charge is 0.0177 e. The largest absolute Gasteiger partial charge is 0.330 e. The van der Waals surface area contributed by atoms with Crippen LogP contribution >= 0.6 is 15.9 Å². The summed E-state index contributed by atoms with van der Waals surface area (Å²) in [5, 5.41) is 0. The van der Waals surface area contributed by atoms with E-state index in [-0.39, 0.29) is 0 Å². The molecule has 2 heteroatoms.